The zero-order valence-corrected chi connectivity index (χ0v) is 15.8. The van der Waals surface area contributed by atoms with Gasteiger partial charge in [-0.15, -0.1) is 0 Å². The minimum atomic E-state index is -3.68. The summed E-state index contributed by atoms with van der Waals surface area (Å²) in [5.41, 5.74) is 0. The second-order valence-electron chi connectivity index (χ2n) is 5.76. The van der Waals surface area contributed by atoms with E-state index in [1.165, 1.54) is 30.6 Å². The van der Waals surface area contributed by atoms with Gasteiger partial charge in [-0.1, -0.05) is 0 Å². The Morgan fingerprint density at radius 2 is 1.72 bits per heavy atom. The van der Waals surface area contributed by atoms with E-state index in [1.807, 2.05) is 0 Å². The lowest BCUT2D eigenvalue weighted by Crippen LogP contribution is -2.44. The average molecular weight is 390 g/mol. The van der Waals surface area contributed by atoms with E-state index in [9.17, 15) is 21.6 Å². The van der Waals surface area contributed by atoms with Crippen molar-refractivity contribution >= 4 is 25.8 Å². The van der Waals surface area contributed by atoms with Crippen LogP contribution in [0.15, 0.2) is 29.2 Å². The third-order valence-corrected chi connectivity index (χ3v) is 8.28. The van der Waals surface area contributed by atoms with Gasteiger partial charge < -0.3 is 10.1 Å². The van der Waals surface area contributed by atoms with Crippen LogP contribution in [0.3, 0.4) is 0 Å². The summed E-state index contributed by atoms with van der Waals surface area (Å²) in [6.45, 7) is 0.206. The highest BCUT2D eigenvalue weighted by Crippen LogP contribution is 2.25. The predicted molar refractivity (Wildman–Crippen MR) is 92.6 cm³/mol. The molecule has 0 spiro atoms. The summed E-state index contributed by atoms with van der Waals surface area (Å²) in [6.07, 6.45) is 0.351. The van der Waals surface area contributed by atoms with Crippen LogP contribution in [0.25, 0.3) is 0 Å². The Hall–Kier alpha value is -1.65. The van der Waals surface area contributed by atoms with Crippen molar-refractivity contribution in [3.05, 3.63) is 24.3 Å². The Balaban J connectivity index is 2.06. The van der Waals surface area contributed by atoms with Crippen molar-refractivity contribution in [2.24, 2.45) is 0 Å². The van der Waals surface area contributed by atoms with Crippen molar-refractivity contribution in [1.29, 1.82) is 0 Å². The number of hydrogen-bond donors (Lipinski definition) is 1. The molecule has 140 valence electrons. The molecule has 1 aliphatic heterocycles. The number of piperidine rings is 1. The van der Waals surface area contributed by atoms with E-state index < -0.39 is 36.8 Å². The summed E-state index contributed by atoms with van der Waals surface area (Å²) in [5.74, 6) is -0.578. The van der Waals surface area contributed by atoms with Crippen molar-refractivity contribution in [2.45, 2.75) is 23.0 Å². The van der Waals surface area contributed by atoms with Gasteiger partial charge in [0.2, 0.25) is 15.9 Å². The summed E-state index contributed by atoms with van der Waals surface area (Å²) in [5, 5.41) is 1.59. The maximum atomic E-state index is 12.6. The van der Waals surface area contributed by atoms with Crippen molar-refractivity contribution in [2.75, 3.05) is 33.0 Å². The van der Waals surface area contributed by atoms with E-state index in [-0.39, 0.29) is 30.8 Å². The maximum absolute atomic E-state index is 12.6. The van der Waals surface area contributed by atoms with Crippen LogP contribution in [0.1, 0.15) is 12.8 Å². The van der Waals surface area contributed by atoms with Gasteiger partial charge in [0.15, 0.2) is 9.84 Å². The van der Waals surface area contributed by atoms with Crippen LogP contribution >= 0.6 is 0 Å². The summed E-state index contributed by atoms with van der Waals surface area (Å²) < 4.78 is 56.0. The van der Waals surface area contributed by atoms with Gasteiger partial charge in [0.25, 0.3) is 0 Å². The van der Waals surface area contributed by atoms with Crippen LogP contribution in [0.2, 0.25) is 0 Å². The fraction of sp³-hybridized carbons (Fsp3) is 0.533. The zero-order chi connectivity index (χ0) is 18.7. The number of sulfonamides is 1. The Morgan fingerprint density at radius 3 is 2.20 bits per heavy atom. The van der Waals surface area contributed by atoms with Gasteiger partial charge in [-0.25, -0.2) is 16.8 Å². The second kappa shape index (κ2) is 7.71. The van der Waals surface area contributed by atoms with Gasteiger partial charge >= 0.3 is 0 Å². The number of carbonyl (C=O) groups excluding carboxylic acids is 1. The number of benzene rings is 1. The van der Waals surface area contributed by atoms with Gasteiger partial charge in [0.1, 0.15) is 11.5 Å². The summed E-state index contributed by atoms with van der Waals surface area (Å²) >= 11 is 0. The van der Waals surface area contributed by atoms with E-state index in [4.69, 9.17) is 4.74 Å². The Kier molecular flexibility index (Phi) is 6.07. The lowest BCUT2D eigenvalue weighted by atomic mass is 10.2. The molecule has 0 unspecified atom stereocenters. The van der Waals surface area contributed by atoms with Gasteiger partial charge in [0, 0.05) is 20.1 Å². The summed E-state index contributed by atoms with van der Waals surface area (Å²) in [6, 6.07) is 6.05. The lowest BCUT2D eigenvalue weighted by molar-refractivity contribution is -0.118. The molecule has 1 fully saturated rings. The number of hydrogen-bond acceptors (Lipinski definition) is 6. The molecule has 1 heterocycles. The van der Waals surface area contributed by atoms with Gasteiger partial charge in [-0.3, -0.25) is 4.79 Å². The molecule has 0 bridgehead atoms. The first-order valence-corrected chi connectivity index (χ1v) is 10.9. The number of carbonyl (C=O) groups is 1. The number of ether oxygens (including phenoxy) is 1. The fourth-order valence-corrected chi connectivity index (χ4v) is 5.85. The molecule has 1 aromatic rings. The molecule has 0 radical (unpaired) electrons. The van der Waals surface area contributed by atoms with E-state index in [0.29, 0.717) is 5.75 Å². The molecule has 0 saturated carbocycles. The number of nitrogens with zero attached hydrogens (tertiary/aromatic N) is 1. The van der Waals surface area contributed by atoms with Crippen LogP contribution in [-0.4, -0.2) is 65.3 Å². The van der Waals surface area contributed by atoms with Gasteiger partial charge in [-0.05, 0) is 37.1 Å². The van der Waals surface area contributed by atoms with Crippen LogP contribution in [0.5, 0.6) is 5.75 Å². The van der Waals surface area contributed by atoms with Crippen LogP contribution in [0, 0.1) is 0 Å². The smallest absolute Gasteiger partial charge is 0.243 e. The second-order valence-corrected chi connectivity index (χ2v) is 9.98. The van der Waals surface area contributed by atoms with Crippen LogP contribution in [-0.2, 0) is 24.7 Å². The summed E-state index contributed by atoms with van der Waals surface area (Å²) in [4.78, 5) is 11.5. The first-order chi connectivity index (χ1) is 11.7. The first kappa shape index (κ1) is 19.7. The number of methoxy groups -OCH3 is 1. The topological polar surface area (TPSA) is 110 Å². The molecular formula is C15H22N2O6S2. The molecule has 1 aliphatic rings. The molecule has 8 nitrogen and oxygen atoms in total. The molecule has 0 aromatic heterocycles. The predicted octanol–water partition coefficient (Wildman–Crippen LogP) is 0.00910. The molecule has 0 aliphatic carbocycles. The SMILES string of the molecule is CNC(=O)CS(=O)(=O)C1CCN(S(=O)(=O)c2ccc(OC)cc2)CC1. The molecule has 1 amide bonds. The Bertz CT molecular complexity index is 810. The number of sulfone groups is 1. The minimum Gasteiger partial charge on any atom is -0.497 e. The Morgan fingerprint density at radius 1 is 1.16 bits per heavy atom. The average Bonchev–Trinajstić information content (AvgIpc) is 2.61. The zero-order valence-electron chi connectivity index (χ0n) is 14.1. The van der Waals surface area contributed by atoms with Crippen LogP contribution < -0.4 is 10.1 Å². The van der Waals surface area contributed by atoms with Crippen molar-refractivity contribution in [1.82, 2.24) is 9.62 Å². The molecule has 25 heavy (non-hydrogen) atoms. The molecular weight excluding hydrogens is 368 g/mol. The largest absolute Gasteiger partial charge is 0.497 e. The van der Waals surface area contributed by atoms with Crippen molar-refractivity contribution < 1.29 is 26.4 Å². The highest BCUT2D eigenvalue weighted by atomic mass is 32.2. The van der Waals surface area contributed by atoms with Gasteiger partial charge in [-0.2, -0.15) is 4.31 Å². The molecule has 1 aromatic carbocycles. The molecule has 10 heteroatoms. The normalized spacial score (nSPS) is 17.2. The lowest BCUT2D eigenvalue weighted by Gasteiger charge is -2.30. The standard InChI is InChI=1S/C15H22N2O6S2/c1-16-15(18)11-24(19,20)13-7-9-17(10-8-13)25(21,22)14-5-3-12(23-2)4-6-14/h3-6,13H,7-11H2,1-2H3,(H,16,18). The van der Waals surface area contributed by atoms with Crippen LogP contribution in [0.4, 0.5) is 0 Å². The maximum Gasteiger partial charge on any atom is 0.243 e. The molecule has 0 atom stereocenters. The number of rotatable bonds is 6. The third kappa shape index (κ3) is 4.50. The fourth-order valence-electron chi connectivity index (χ4n) is 2.70. The third-order valence-electron chi connectivity index (χ3n) is 4.22. The highest BCUT2D eigenvalue weighted by molar-refractivity contribution is 7.92. The van der Waals surface area contributed by atoms with E-state index in [0.717, 1.165) is 0 Å². The summed E-state index contributed by atoms with van der Waals surface area (Å²) in [7, 11) is -4.40. The van der Waals surface area contributed by atoms with Crippen molar-refractivity contribution in [3.63, 3.8) is 0 Å². The van der Waals surface area contributed by atoms with E-state index in [2.05, 4.69) is 5.32 Å². The highest BCUT2D eigenvalue weighted by Gasteiger charge is 2.35. The molecule has 1 N–H and O–H groups in total. The molecule has 2 rings (SSSR count). The van der Waals surface area contributed by atoms with E-state index in [1.54, 1.807) is 12.1 Å². The van der Waals surface area contributed by atoms with Gasteiger partial charge in [0.05, 0.1) is 17.3 Å². The number of nitrogens with one attached hydrogen (secondary N) is 1. The van der Waals surface area contributed by atoms with Crippen molar-refractivity contribution in [3.8, 4) is 5.75 Å². The minimum absolute atomic E-state index is 0.103. The quantitative estimate of drug-likeness (QED) is 0.733. The monoisotopic (exact) mass is 390 g/mol. The first-order valence-electron chi connectivity index (χ1n) is 7.77. The van der Waals surface area contributed by atoms with E-state index >= 15 is 0 Å². The number of amides is 1. The Labute approximate surface area is 148 Å². The molecule has 1 saturated heterocycles.